The van der Waals surface area contributed by atoms with Crippen molar-refractivity contribution in [1.82, 2.24) is 0 Å². The molecule has 0 saturated carbocycles. The summed E-state index contributed by atoms with van der Waals surface area (Å²) >= 11 is 0. The van der Waals surface area contributed by atoms with Gasteiger partial charge in [0.15, 0.2) is 0 Å². The first-order chi connectivity index (χ1) is 7.35. The van der Waals surface area contributed by atoms with Gasteiger partial charge in [-0.15, -0.1) is 0 Å². The van der Waals surface area contributed by atoms with Crippen molar-refractivity contribution in [1.29, 1.82) is 0 Å². The maximum absolute atomic E-state index is 2.54. The summed E-state index contributed by atoms with van der Waals surface area (Å²) in [4.78, 5) is 0. The molecule has 1 radical (unpaired) electrons. The molecule has 91 valence electrons. The Morgan fingerprint density at radius 2 is 1.60 bits per heavy atom. The van der Waals surface area contributed by atoms with Crippen molar-refractivity contribution in [2.24, 2.45) is 5.92 Å². The summed E-state index contributed by atoms with van der Waals surface area (Å²) in [6.07, 6.45) is 16.5. The van der Waals surface area contributed by atoms with Gasteiger partial charge in [-0.05, 0) is 18.8 Å². The summed E-state index contributed by atoms with van der Waals surface area (Å²) in [5.41, 5.74) is 0. The zero-order valence-corrected chi connectivity index (χ0v) is 11.2. The van der Waals surface area contributed by atoms with Crippen LogP contribution in [0.1, 0.15) is 85.0 Å². The van der Waals surface area contributed by atoms with Crippen LogP contribution in [-0.4, -0.2) is 0 Å². The van der Waals surface area contributed by atoms with Crippen molar-refractivity contribution in [3.05, 3.63) is 6.42 Å². The second kappa shape index (κ2) is 12.1. The van der Waals surface area contributed by atoms with E-state index in [-0.39, 0.29) is 0 Å². The maximum Gasteiger partial charge on any atom is -0.0383 e. The Hall–Kier alpha value is 0. The number of unbranched alkanes of at least 4 members (excludes halogenated alkanes) is 6. The Morgan fingerprint density at radius 3 is 2.20 bits per heavy atom. The molecule has 1 unspecified atom stereocenters. The van der Waals surface area contributed by atoms with Crippen molar-refractivity contribution in [2.75, 3.05) is 0 Å². The Morgan fingerprint density at radius 1 is 0.867 bits per heavy atom. The van der Waals surface area contributed by atoms with Gasteiger partial charge in [-0.25, -0.2) is 0 Å². The van der Waals surface area contributed by atoms with E-state index in [1.165, 1.54) is 64.2 Å². The molecule has 0 aliphatic heterocycles. The molecule has 0 N–H and O–H groups in total. The van der Waals surface area contributed by atoms with Crippen LogP contribution in [0.15, 0.2) is 0 Å². The third-order valence-electron chi connectivity index (χ3n) is 3.31. The number of hydrogen-bond acceptors (Lipinski definition) is 0. The van der Waals surface area contributed by atoms with Crippen molar-refractivity contribution >= 4 is 0 Å². The molecule has 0 aromatic rings. The zero-order chi connectivity index (χ0) is 11.4. The molecule has 0 bridgehead atoms. The molecular weight excluding hydrogens is 180 g/mol. The molecule has 0 aromatic carbocycles. The Kier molecular flexibility index (Phi) is 12.1. The quantitative estimate of drug-likeness (QED) is 0.381. The maximum atomic E-state index is 2.54. The smallest absolute Gasteiger partial charge is 0.0383 e. The first kappa shape index (κ1) is 15.0. The van der Waals surface area contributed by atoms with Gasteiger partial charge in [0.25, 0.3) is 0 Å². The van der Waals surface area contributed by atoms with Gasteiger partial charge < -0.3 is 0 Å². The van der Waals surface area contributed by atoms with Crippen molar-refractivity contribution in [3.63, 3.8) is 0 Å². The lowest BCUT2D eigenvalue weighted by Crippen LogP contribution is -1.99. The van der Waals surface area contributed by atoms with Gasteiger partial charge in [0.2, 0.25) is 0 Å². The van der Waals surface area contributed by atoms with Crippen LogP contribution in [0.25, 0.3) is 0 Å². The number of rotatable bonds is 11. The fourth-order valence-electron chi connectivity index (χ4n) is 2.05. The minimum absolute atomic E-state index is 0.969. The van der Waals surface area contributed by atoms with Crippen LogP contribution >= 0.6 is 0 Å². The van der Waals surface area contributed by atoms with Gasteiger partial charge in [0.05, 0.1) is 0 Å². The van der Waals surface area contributed by atoms with Gasteiger partial charge in [0.1, 0.15) is 0 Å². The minimum atomic E-state index is 0.969. The van der Waals surface area contributed by atoms with E-state index in [0.29, 0.717) is 0 Å². The fraction of sp³-hybridized carbons (Fsp3) is 0.933. The van der Waals surface area contributed by atoms with E-state index in [1.807, 2.05) is 0 Å². The fourth-order valence-corrected chi connectivity index (χ4v) is 2.05. The number of hydrogen-bond donors (Lipinski definition) is 0. The molecule has 0 amide bonds. The van der Waals surface area contributed by atoms with Crippen LogP contribution in [0, 0.1) is 12.3 Å². The Labute approximate surface area is 97.8 Å². The third-order valence-corrected chi connectivity index (χ3v) is 3.31. The largest absolute Gasteiger partial charge is 0.0654 e. The van der Waals surface area contributed by atoms with Gasteiger partial charge in [-0.2, -0.15) is 0 Å². The van der Waals surface area contributed by atoms with E-state index in [1.54, 1.807) is 0 Å². The normalized spacial score (nSPS) is 13.0. The molecule has 0 heterocycles. The summed E-state index contributed by atoms with van der Waals surface area (Å²) in [6.45, 7) is 6.91. The van der Waals surface area contributed by atoms with Crippen LogP contribution in [0.4, 0.5) is 0 Å². The third kappa shape index (κ3) is 10.3. The molecule has 0 fully saturated rings. The molecule has 0 aromatic heterocycles. The molecule has 0 heteroatoms. The molecule has 15 heavy (non-hydrogen) atoms. The summed E-state index contributed by atoms with van der Waals surface area (Å²) in [5.74, 6) is 0.969. The van der Waals surface area contributed by atoms with Gasteiger partial charge in [0, 0.05) is 0 Å². The summed E-state index contributed by atoms with van der Waals surface area (Å²) in [6, 6.07) is 0. The highest BCUT2D eigenvalue weighted by Crippen LogP contribution is 2.19. The zero-order valence-electron chi connectivity index (χ0n) is 11.2. The van der Waals surface area contributed by atoms with Crippen molar-refractivity contribution in [3.8, 4) is 0 Å². The highest BCUT2D eigenvalue weighted by molar-refractivity contribution is 4.70. The lowest BCUT2D eigenvalue weighted by molar-refractivity contribution is 0.438. The van der Waals surface area contributed by atoms with E-state index in [2.05, 4.69) is 27.2 Å². The van der Waals surface area contributed by atoms with E-state index in [0.717, 1.165) is 5.92 Å². The predicted molar refractivity (Wildman–Crippen MR) is 71.0 cm³/mol. The predicted octanol–water partition coefficient (Wildman–Crippen LogP) is 5.77. The molecule has 1 atom stereocenters. The van der Waals surface area contributed by atoms with E-state index in [4.69, 9.17) is 0 Å². The lowest BCUT2D eigenvalue weighted by atomic mass is 9.93. The van der Waals surface area contributed by atoms with Crippen LogP contribution in [-0.2, 0) is 0 Å². The van der Waals surface area contributed by atoms with Crippen LogP contribution < -0.4 is 0 Å². The molecule has 0 spiro atoms. The first-order valence-electron chi connectivity index (χ1n) is 7.16. The molecule has 0 saturated heterocycles. The SMILES string of the molecule is CCCCCC[CH]CC(CC)CCCC. The van der Waals surface area contributed by atoms with Crippen LogP contribution in [0.2, 0.25) is 0 Å². The molecule has 0 nitrogen and oxygen atoms in total. The van der Waals surface area contributed by atoms with Crippen LogP contribution in [0.5, 0.6) is 0 Å². The van der Waals surface area contributed by atoms with Gasteiger partial charge in [-0.3, -0.25) is 0 Å². The molecular formula is C15H31. The van der Waals surface area contributed by atoms with Crippen LogP contribution in [0.3, 0.4) is 0 Å². The average Bonchev–Trinajstić information content (AvgIpc) is 2.27. The summed E-state index contributed by atoms with van der Waals surface area (Å²) < 4.78 is 0. The molecule has 0 rings (SSSR count). The molecule has 0 aliphatic rings. The first-order valence-corrected chi connectivity index (χ1v) is 7.16. The standard InChI is InChI=1S/C15H31/c1-4-7-9-10-11-12-14-15(6-3)13-8-5-2/h12,15H,4-11,13-14H2,1-3H3. The summed E-state index contributed by atoms with van der Waals surface area (Å²) in [5, 5.41) is 0. The van der Waals surface area contributed by atoms with E-state index >= 15 is 0 Å². The Balaban J connectivity index is 3.22. The highest BCUT2D eigenvalue weighted by Gasteiger charge is 2.04. The van der Waals surface area contributed by atoms with Gasteiger partial charge in [-0.1, -0.05) is 78.6 Å². The lowest BCUT2D eigenvalue weighted by Gasteiger charge is -2.13. The second-order valence-corrected chi connectivity index (χ2v) is 4.79. The van der Waals surface area contributed by atoms with E-state index < -0.39 is 0 Å². The average molecular weight is 211 g/mol. The Bertz CT molecular complexity index is 107. The topological polar surface area (TPSA) is 0 Å². The van der Waals surface area contributed by atoms with Crippen molar-refractivity contribution < 1.29 is 0 Å². The monoisotopic (exact) mass is 211 g/mol. The molecule has 0 aliphatic carbocycles. The van der Waals surface area contributed by atoms with E-state index in [9.17, 15) is 0 Å². The minimum Gasteiger partial charge on any atom is -0.0654 e. The van der Waals surface area contributed by atoms with Gasteiger partial charge >= 0.3 is 0 Å². The van der Waals surface area contributed by atoms with Crippen molar-refractivity contribution in [2.45, 2.75) is 85.0 Å². The summed E-state index contributed by atoms with van der Waals surface area (Å²) in [7, 11) is 0. The second-order valence-electron chi connectivity index (χ2n) is 4.79. The highest BCUT2D eigenvalue weighted by atomic mass is 14.1.